The van der Waals surface area contributed by atoms with Crippen molar-refractivity contribution in [1.29, 1.82) is 0 Å². The summed E-state index contributed by atoms with van der Waals surface area (Å²) >= 11 is 0. The summed E-state index contributed by atoms with van der Waals surface area (Å²) < 4.78 is 51.5. The number of carbonyl (C=O) groups excluding carboxylic acids is 2. The van der Waals surface area contributed by atoms with Gasteiger partial charge in [-0.25, -0.2) is 14.8 Å². The lowest BCUT2D eigenvalue weighted by atomic mass is 9.99. The molecule has 42 heavy (non-hydrogen) atoms. The van der Waals surface area contributed by atoms with Gasteiger partial charge in [0.25, 0.3) is 5.91 Å². The normalized spacial score (nSPS) is 11.4. The number of carbonyl (C=O) groups is 2. The number of alkyl halides is 3. The molecule has 0 unspecified atom stereocenters. The lowest BCUT2D eigenvalue weighted by Gasteiger charge is -2.14. The second-order valence-corrected chi connectivity index (χ2v) is 10.0. The van der Waals surface area contributed by atoms with Crippen LogP contribution in [-0.4, -0.2) is 34.6 Å². The lowest BCUT2D eigenvalue weighted by Crippen LogP contribution is -2.18. The van der Waals surface area contributed by atoms with E-state index in [0.717, 1.165) is 17.7 Å². The Kier molecular flexibility index (Phi) is 8.81. The van der Waals surface area contributed by atoms with Gasteiger partial charge < -0.3 is 14.8 Å². The molecule has 3 aromatic carbocycles. The first-order valence-electron chi connectivity index (χ1n) is 13.1. The summed E-state index contributed by atoms with van der Waals surface area (Å²) in [5.74, 6) is 1.06. The van der Waals surface area contributed by atoms with E-state index in [0.29, 0.717) is 39.9 Å². The van der Waals surface area contributed by atoms with E-state index < -0.39 is 29.7 Å². The zero-order chi connectivity index (χ0) is 30.6. The molecular weight excluding hydrogens is 547 g/mol. The Bertz CT molecular complexity index is 1670. The fourth-order valence-corrected chi connectivity index (χ4v) is 4.12. The van der Waals surface area contributed by atoms with Crippen LogP contribution in [0.5, 0.6) is 5.75 Å². The van der Waals surface area contributed by atoms with E-state index in [1.165, 1.54) is 0 Å². The standard InChI is InChI=1S/C32H28F3N3O4/c1-6-13-41-25-11-12-27-26(17-25)28(21-9-7-20(8-10-21)18(2)3)38-29(37-27)30(39)36-24-15-22(31(40)42-19(4)5)14-23(16-24)32(33,34)35/h1,7-12,14-19H,13H2,2-5H3,(H,36,39). The minimum Gasteiger partial charge on any atom is -0.481 e. The Hall–Kier alpha value is -4.91. The lowest BCUT2D eigenvalue weighted by molar-refractivity contribution is -0.137. The number of amides is 1. The number of nitrogens with zero attached hydrogens (tertiary/aromatic N) is 2. The van der Waals surface area contributed by atoms with E-state index in [1.54, 1.807) is 32.0 Å². The number of hydrogen-bond acceptors (Lipinski definition) is 6. The highest BCUT2D eigenvalue weighted by atomic mass is 19.4. The van der Waals surface area contributed by atoms with Gasteiger partial charge in [-0.05, 0) is 61.7 Å². The van der Waals surface area contributed by atoms with E-state index >= 15 is 0 Å². The Morgan fingerprint density at radius 3 is 2.31 bits per heavy atom. The fourth-order valence-electron chi connectivity index (χ4n) is 4.12. The zero-order valence-electron chi connectivity index (χ0n) is 23.4. The van der Waals surface area contributed by atoms with Crippen molar-refractivity contribution < 1.29 is 32.2 Å². The highest BCUT2D eigenvalue weighted by Crippen LogP contribution is 2.33. The van der Waals surface area contributed by atoms with Gasteiger partial charge >= 0.3 is 12.1 Å². The van der Waals surface area contributed by atoms with Crippen LogP contribution in [0, 0.1) is 12.3 Å². The molecule has 0 bridgehead atoms. The molecule has 0 aliphatic heterocycles. The zero-order valence-corrected chi connectivity index (χ0v) is 23.4. The van der Waals surface area contributed by atoms with Crippen molar-refractivity contribution in [2.45, 2.75) is 45.9 Å². The van der Waals surface area contributed by atoms with Crippen molar-refractivity contribution >= 4 is 28.5 Å². The Balaban J connectivity index is 1.78. The van der Waals surface area contributed by atoms with Gasteiger partial charge in [0, 0.05) is 16.6 Å². The average Bonchev–Trinajstić information content (AvgIpc) is 2.94. The van der Waals surface area contributed by atoms with Gasteiger partial charge in [-0.1, -0.05) is 44.0 Å². The van der Waals surface area contributed by atoms with Crippen LogP contribution in [0.3, 0.4) is 0 Å². The highest BCUT2D eigenvalue weighted by Gasteiger charge is 2.32. The van der Waals surface area contributed by atoms with Crippen LogP contribution in [0.4, 0.5) is 18.9 Å². The summed E-state index contributed by atoms with van der Waals surface area (Å²) in [6, 6.07) is 15.1. The van der Waals surface area contributed by atoms with E-state index in [2.05, 4.69) is 35.1 Å². The number of anilines is 1. The highest BCUT2D eigenvalue weighted by molar-refractivity contribution is 6.05. The smallest absolute Gasteiger partial charge is 0.416 e. The second-order valence-electron chi connectivity index (χ2n) is 10.0. The van der Waals surface area contributed by atoms with Crippen LogP contribution in [-0.2, 0) is 10.9 Å². The van der Waals surface area contributed by atoms with E-state index in [1.807, 2.05) is 24.3 Å². The fraction of sp³-hybridized carbons (Fsp3) is 0.250. The molecule has 1 N–H and O–H groups in total. The van der Waals surface area contributed by atoms with Crippen LogP contribution in [0.15, 0.2) is 60.7 Å². The summed E-state index contributed by atoms with van der Waals surface area (Å²) in [6.07, 6.45) is -0.0176. The second kappa shape index (κ2) is 12.3. The Morgan fingerprint density at radius 1 is 0.976 bits per heavy atom. The number of esters is 1. The van der Waals surface area contributed by atoms with E-state index in [9.17, 15) is 22.8 Å². The monoisotopic (exact) mass is 575 g/mol. The van der Waals surface area contributed by atoms with Gasteiger partial charge in [-0.2, -0.15) is 13.2 Å². The minimum atomic E-state index is -4.78. The molecular formula is C32H28F3N3O4. The van der Waals surface area contributed by atoms with Crippen LogP contribution in [0.1, 0.15) is 65.7 Å². The molecule has 4 rings (SSSR count). The number of benzene rings is 3. The van der Waals surface area contributed by atoms with Gasteiger partial charge in [0.15, 0.2) is 0 Å². The number of terminal acetylenes is 1. The predicted molar refractivity (Wildman–Crippen MR) is 153 cm³/mol. The molecule has 0 saturated heterocycles. The number of nitrogens with one attached hydrogen (secondary N) is 1. The largest absolute Gasteiger partial charge is 0.481 e. The van der Waals surface area contributed by atoms with Gasteiger partial charge in [-0.15, -0.1) is 6.42 Å². The molecule has 0 atom stereocenters. The topological polar surface area (TPSA) is 90.4 Å². The van der Waals surface area contributed by atoms with Crippen LogP contribution < -0.4 is 10.1 Å². The third kappa shape index (κ3) is 7.04. The maximum atomic E-state index is 13.6. The first kappa shape index (κ1) is 30.1. The van der Waals surface area contributed by atoms with Crippen LogP contribution in [0.25, 0.3) is 22.2 Å². The maximum absolute atomic E-state index is 13.6. The average molecular weight is 576 g/mol. The van der Waals surface area contributed by atoms with Crippen molar-refractivity contribution in [2.24, 2.45) is 0 Å². The predicted octanol–water partition coefficient (Wildman–Crippen LogP) is 7.27. The Morgan fingerprint density at radius 2 is 1.69 bits per heavy atom. The number of aromatic nitrogens is 2. The number of rotatable bonds is 8. The van der Waals surface area contributed by atoms with Gasteiger partial charge in [0.2, 0.25) is 5.82 Å². The number of ether oxygens (including phenoxy) is 2. The molecule has 1 amide bonds. The van der Waals surface area contributed by atoms with Crippen molar-refractivity contribution in [3.8, 4) is 29.4 Å². The molecule has 0 radical (unpaired) electrons. The molecule has 216 valence electrons. The molecule has 0 fully saturated rings. The molecule has 10 heteroatoms. The molecule has 0 saturated carbocycles. The van der Waals surface area contributed by atoms with Crippen molar-refractivity contribution in [2.75, 3.05) is 11.9 Å². The quantitative estimate of drug-likeness (QED) is 0.176. The molecule has 0 aliphatic carbocycles. The van der Waals surface area contributed by atoms with Crippen LogP contribution in [0.2, 0.25) is 0 Å². The van der Waals surface area contributed by atoms with Crippen molar-refractivity contribution in [3.63, 3.8) is 0 Å². The van der Waals surface area contributed by atoms with Crippen molar-refractivity contribution in [3.05, 3.63) is 83.2 Å². The molecule has 0 aliphatic rings. The minimum absolute atomic E-state index is 0.0506. The number of hydrogen-bond donors (Lipinski definition) is 1. The molecule has 4 aromatic rings. The Labute approximate surface area is 241 Å². The third-order valence-corrected chi connectivity index (χ3v) is 6.14. The summed E-state index contributed by atoms with van der Waals surface area (Å²) in [6.45, 7) is 7.32. The summed E-state index contributed by atoms with van der Waals surface area (Å²) in [5.41, 5.74) is 0.847. The van der Waals surface area contributed by atoms with Gasteiger partial charge in [0.1, 0.15) is 12.4 Å². The van der Waals surface area contributed by atoms with Crippen molar-refractivity contribution in [1.82, 2.24) is 9.97 Å². The summed E-state index contributed by atoms with van der Waals surface area (Å²) in [5, 5.41) is 2.99. The van der Waals surface area contributed by atoms with Crippen LogP contribution >= 0.6 is 0 Å². The SMILES string of the molecule is C#CCOc1ccc2nc(C(=O)Nc3cc(C(=O)OC(C)C)cc(C(F)(F)F)c3)nc(-c3ccc(C(C)C)cc3)c2c1. The molecule has 1 heterocycles. The third-order valence-electron chi connectivity index (χ3n) is 6.14. The van der Waals surface area contributed by atoms with E-state index in [-0.39, 0.29) is 23.7 Å². The van der Waals surface area contributed by atoms with E-state index in [4.69, 9.17) is 15.9 Å². The number of fused-ring (bicyclic) bond motifs is 1. The molecule has 7 nitrogen and oxygen atoms in total. The summed E-state index contributed by atoms with van der Waals surface area (Å²) in [4.78, 5) is 34.6. The first-order chi connectivity index (χ1) is 19.8. The maximum Gasteiger partial charge on any atom is 0.416 e. The number of halogens is 3. The summed E-state index contributed by atoms with van der Waals surface area (Å²) in [7, 11) is 0. The molecule has 0 spiro atoms. The first-order valence-corrected chi connectivity index (χ1v) is 13.1. The van der Waals surface area contributed by atoms with Gasteiger partial charge in [-0.3, -0.25) is 4.79 Å². The molecule has 1 aromatic heterocycles. The van der Waals surface area contributed by atoms with Gasteiger partial charge in [0.05, 0.1) is 28.4 Å².